The molecule has 0 spiro atoms. The number of rotatable bonds is 2. The van der Waals surface area contributed by atoms with Crippen LogP contribution >= 0.6 is 0 Å². The first kappa shape index (κ1) is 8.27. The molecule has 1 unspecified atom stereocenters. The lowest BCUT2D eigenvalue weighted by molar-refractivity contribution is 0.563. The molecule has 0 bridgehead atoms. The van der Waals surface area contributed by atoms with Gasteiger partial charge in [0, 0.05) is 0 Å². The van der Waals surface area contributed by atoms with Crippen LogP contribution in [0.15, 0.2) is 12.7 Å². The average molecular weight is 198 g/mol. The summed E-state index contributed by atoms with van der Waals surface area (Å²) in [5.74, 6) is -0.0127. The summed E-state index contributed by atoms with van der Waals surface area (Å²) in [5.41, 5.74) is 1.63. The Balaban J connectivity index is 2.54. The van der Waals surface area contributed by atoms with Crippen molar-refractivity contribution < 1.29 is 8.76 Å². The van der Waals surface area contributed by atoms with Crippen LogP contribution in [0.3, 0.4) is 0 Å². The van der Waals surface area contributed by atoms with Gasteiger partial charge in [-0.05, 0) is 0 Å². The average Bonchev–Trinajstić information content (AvgIpc) is 2.51. The highest BCUT2D eigenvalue weighted by Crippen LogP contribution is 2.10. The predicted octanol–water partition coefficient (Wildman–Crippen LogP) is 0.0746. The van der Waals surface area contributed by atoms with E-state index in [4.69, 9.17) is 4.55 Å². The lowest BCUT2D eigenvalue weighted by atomic mass is 10.4. The Morgan fingerprint density at radius 2 is 2.31 bits per heavy atom. The summed E-state index contributed by atoms with van der Waals surface area (Å²) in [6, 6.07) is 0. The van der Waals surface area contributed by atoms with Crippen molar-refractivity contribution in [1.29, 1.82) is 0 Å². The highest BCUT2D eigenvalue weighted by molar-refractivity contribution is 7.78. The molecule has 0 aliphatic carbocycles. The Hall–Kier alpha value is -1.34. The third kappa shape index (κ3) is 1.56. The smallest absolute Gasteiger partial charge is 0.180 e. The molecule has 0 aliphatic rings. The van der Waals surface area contributed by atoms with E-state index in [0.717, 1.165) is 0 Å². The van der Waals surface area contributed by atoms with E-state index in [-0.39, 0.29) is 5.75 Å². The van der Waals surface area contributed by atoms with Gasteiger partial charge in [0.25, 0.3) is 0 Å². The van der Waals surface area contributed by atoms with Crippen LogP contribution in [0.5, 0.6) is 0 Å². The van der Waals surface area contributed by atoms with Gasteiger partial charge in [-0.15, -0.1) is 0 Å². The number of hydrogen-bond donors (Lipinski definition) is 2. The van der Waals surface area contributed by atoms with Crippen molar-refractivity contribution in [3.8, 4) is 0 Å². The molecule has 0 radical (unpaired) electrons. The van der Waals surface area contributed by atoms with Crippen LogP contribution in [0.2, 0.25) is 0 Å². The maximum Gasteiger partial charge on any atom is 0.180 e. The molecule has 2 heterocycles. The Morgan fingerprint density at radius 1 is 1.46 bits per heavy atom. The topological polar surface area (TPSA) is 91.8 Å². The van der Waals surface area contributed by atoms with Crippen molar-refractivity contribution in [2.75, 3.05) is 0 Å². The Morgan fingerprint density at radius 3 is 3.08 bits per heavy atom. The van der Waals surface area contributed by atoms with Crippen LogP contribution in [0.4, 0.5) is 0 Å². The molecule has 68 valence electrons. The maximum atomic E-state index is 10.6. The van der Waals surface area contributed by atoms with Crippen LogP contribution in [-0.4, -0.2) is 28.7 Å². The predicted molar refractivity (Wildman–Crippen MR) is 46.2 cm³/mol. The van der Waals surface area contributed by atoms with E-state index >= 15 is 0 Å². The number of aromatic amines is 1. The zero-order valence-electron chi connectivity index (χ0n) is 6.47. The lowest BCUT2D eigenvalue weighted by Crippen LogP contribution is -1.98. The molecule has 6 nitrogen and oxygen atoms in total. The van der Waals surface area contributed by atoms with Gasteiger partial charge in [-0.3, -0.25) is 0 Å². The van der Waals surface area contributed by atoms with Gasteiger partial charge in [0.05, 0.1) is 17.8 Å². The first-order valence-corrected chi connectivity index (χ1v) is 4.75. The van der Waals surface area contributed by atoms with Crippen LogP contribution in [0.25, 0.3) is 11.2 Å². The molecular formula is C6H6N4O2S. The lowest BCUT2D eigenvalue weighted by Gasteiger charge is -1.96. The Kier molecular flexibility index (Phi) is 2.03. The first-order chi connectivity index (χ1) is 6.27. The van der Waals surface area contributed by atoms with Gasteiger partial charge in [0.2, 0.25) is 0 Å². The summed E-state index contributed by atoms with van der Waals surface area (Å²) in [7, 11) is 0. The number of nitrogens with zero attached hydrogens (tertiary/aromatic N) is 3. The van der Waals surface area contributed by atoms with Gasteiger partial charge in [0.1, 0.15) is 11.8 Å². The summed E-state index contributed by atoms with van der Waals surface area (Å²) >= 11 is -1.89. The second-order valence-electron chi connectivity index (χ2n) is 2.39. The second kappa shape index (κ2) is 3.19. The number of hydrogen-bond acceptors (Lipinski definition) is 4. The molecular weight excluding hydrogens is 192 g/mol. The molecule has 0 aromatic carbocycles. The van der Waals surface area contributed by atoms with Crippen LogP contribution in [0, 0.1) is 0 Å². The molecule has 0 amide bonds. The molecule has 0 fully saturated rings. The minimum atomic E-state index is -1.89. The Labute approximate surface area is 75.7 Å². The molecule has 2 aromatic heterocycles. The molecule has 0 aliphatic heterocycles. The molecule has 0 saturated heterocycles. The summed E-state index contributed by atoms with van der Waals surface area (Å²) in [5, 5.41) is 0. The highest BCUT2D eigenvalue weighted by atomic mass is 32.2. The number of aromatic nitrogens is 4. The van der Waals surface area contributed by atoms with E-state index in [2.05, 4.69) is 19.9 Å². The summed E-state index contributed by atoms with van der Waals surface area (Å²) in [4.78, 5) is 14.5. The number of H-pyrrole nitrogens is 1. The normalized spacial score (nSPS) is 13.3. The van der Waals surface area contributed by atoms with Crippen LogP contribution in [-0.2, 0) is 16.8 Å². The van der Waals surface area contributed by atoms with E-state index in [1.165, 1.54) is 12.7 Å². The third-order valence-electron chi connectivity index (χ3n) is 1.56. The van der Waals surface area contributed by atoms with Gasteiger partial charge in [-0.1, -0.05) is 0 Å². The number of nitrogens with one attached hydrogen (secondary N) is 1. The van der Waals surface area contributed by atoms with Crippen molar-refractivity contribution in [3.63, 3.8) is 0 Å². The van der Waals surface area contributed by atoms with Crippen molar-refractivity contribution in [2.24, 2.45) is 0 Å². The van der Waals surface area contributed by atoms with Gasteiger partial charge < -0.3 is 9.54 Å². The third-order valence-corrected chi connectivity index (χ3v) is 2.08. The summed E-state index contributed by atoms with van der Waals surface area (Å²) in [6.45, 7) is 0. The zero-order valence-corrected chi connectivity index (χ0v) is 7.28. The minimum absolute atomic E-state index is 0.0127. The summed E-state index contributed by atoms with van der Waals surface area (Å²) < 4.78 is 19.2. The van der Waals surface area contributed by atoms with Gasteiger partial charge in [0.15, 0.2) is 16.7 Å². The van der Waals surface area contributed by atoms with E-state index in [1.807, 2.05) is 0 Å². The van der Waals surface area contributed by atoms with Gasteiger partial charge in [-0.25, -0.2) is 19.2 Å². The molecule has 2 N–H and O–H groups in total. The fourth-order valence-electron chi connectivity index (χ4n) is 1.04. The van der Waals surface area contributed by atoms with E-state index in [1.54, 1.807) is 0 Å². The molecule has 0 saturated carbocycles. The molecule has 7 heteroatoms. The zero-order chi connectivity index (χ0) is 9.26. The van der Waals surface area contributed by atoms with Crippen molar-refractivity contribution >= 4 is 22.2 Å². The monoisotopic (exact) mass is 198 g/mol. The van der Waals surface area contributed by atoms with Crippen LogP contribution < -0.4 is 0 Å². The van der Waals surface area contributed by atoms with Crippen molar-refractivity contribution in [1.82, 2.24) is 19.9 Å². The quantitative estimate of drug-likeness (QED) is 0.666. The van der Waals surface area contributed by atoms with Crippen LogP contribution in [0.1, 0.15) is 5.69 Å². The van der Waals surface area contributed by atoms with E-state index < -0.39 is 11.1 Å². The van der Waals surface area contributed by atoms with Crippen molar-refractivity contribution in [2.45, 2.75) is 5.75 Å². The minimum Gasteiger partial charge on any atom is -0.342 e. The van der Waals surface area contributed by atoms with Crippen molar-refractivity contribution in [3.05, 3.63) is 18.3 Å². The SMILES string of the molecule is O=S(O)Cc1ncnc2nc[nH]c12. The molecule has 1 atom stereocenters. The fourth-order valence-corrected chi connectivity index (χ4v) is 1.49. The standard InChI is InChI=1S/C6H6N4O2S/c11-13(12)1-4-5-6(9-2-7-4)10-3-8-5/h2-3H,1H2,(H,11,12)(H,7,8,9,10). The maximum absolute atomic E-state index is 10.6. The highest BCUT2D eigenvalue weighted by Gasteiger charge is 2.07. The number of fused-ring (bicyclic) bond motifs is 1. The molecule has 2 aromatic rings. The van der Waals surface area contributed by atoms with E-state index in [0.29, 0.717) is 16.9 Å². The van der Waals surface area contributed by atoms with E-state index in [9.17, 15) is 4.21 Å². The Bertz CT molecular complexity index is 455. The van der Waals surface area contributed by atoms with Gasteiger partial charge >= 0.3 is 0 Å². The van der Waals surface area contributed by atoms with Gasteiger partial charge in [-0.2, -0.15) is 0 Å². The second-order valence-corrected chi connectivity index (χ2v) is 3.32. The number of imidazole rings is 1. The first-order valence-electron chi connectivity index (χ1n) is 3.48. The largest absolute Gasteiger partial charge is 0.342 e. The molecule has 2 rings (SSSR count). The fraction of sp³-hybridized carbons (Fsp3) is 0.167. The summed E-state index contributed by atoms with van der Waals surface area (Å²) in [6.07, 6.45) is 2.80. The molecule has 13 heavy (non-hydrogen) atoms.